The molecular weight excluding hydrogens is 272 g/mol. The van der Waals surface area contributed by atoms with Crippen LogP contribution >= 0.6 is 0 Å². The minimum Gasteiger partial charge on any atom is -0.480 e. The van der Waals surface area contributed by atoms with Crippen LogP contribution in [0.3, 0.4) is 0 Å². The summed E-state index contributed by atoms with van der Waals surface area (Å²) in [6.07, 6.45) is 8.48. The molecule has 0 heterocycles. The van der Waals surface area contributed by atoms with Crippen LogP contribution in [0.15, 0.2) is 0 Å². The van der Waals surface area contributed by atoms with E-state index in [0.29, 0.717) is 31.7 Å². The Bertz CT molecular complexity index is 352. The Morgan fingerprint density at radius 2 is 1.86 bits per heavy atom. The van der Waals surface area contributed by atoms with Gasteiger partial charge in [-0.05, 0) is 31.6 Å². The van der Waals surface area contributed by atoms with E-state index in [9.17, 15) is 9.59 Å². The maximum Gasteiger partial charge on any atom is 0.323 e. The zero-order chi connectivity index (χ0) is 15.1. The summed E-state index contributed by atoms with van der Waals surface area (Å²) in [5.74, 6) is -0.488. The summed E-state index contributed by atoms with van der Waals surface area (Å²) in [5.41, 5.74) is 0. The summed E-state index contributed by atoms with van der Waals surface area (Å²) in [7, 11) is 0. The maximum absolute atomic E-state index is 12.0. The van der Waals surface area contributed by atoms with Gasteiger partial charge < -0.3 is 20.1 Å². The topological polar surface area (TPSA) is 78.9 Å². The number of ether oxygens (including phenoxy) is 1. The lowest BCUT2D eigenvalue weighted by Gasteiger charge is -2.23. The van der Waals surface area contributed by atoms with Crippen molar-refractivity contribution in [1.29, 1.82) is 0 Å². The van der Waals surface area contributed by atoms with Gasteiger partial charge in [0, 0.05) is 13.1 Å². The van der Waals surface area contributed by atoms with E-state index in [1.165, 1.54) is 24.2 Å². The highest BCUT2D eigenvalue weighted by molar-refractivity contribution is 5.80. The van der Waals surface area contributed by atoms with E-state index in [1.807, 2.05) is 0 Å². The van der Waals surface area contributed by atoms with Crippen LogP contribution in [0.2, 0.25) is 0 Å². The molecule has 0 aromatic heterocycles. The zero-order valence-corrected chi connectivity index (χ0v) is 12.6. The van der Waals surface area contributed by atoms with Crippen molar-refractivity contribution in [3.8, 4) is 0 Å². The second-order valence-electron chi connectivity index (χ2n) is 6.08. The predicted molar refractivity (Wildman–Crippen MR) is 78.2 cm³/mol. The van der Waals surface area contributed by atoms with Gasteiger partial charge in [0.25, 0.3) is 0 Å². The van der Waals surface area contributed by atoms with Crippen molar-refractivity contribution in [2.24, 2.45) is 5.92 Å². The second kappa shape index (κ2) is 8.22. The highest BCUT2D eigenvalue weighted by atomic mass is 16.5. The number of rotatable bonds is 8. The van der Waals surface area contributed by atoms with Gasteiger partial charge in [-0.3, -0.25) is 4.79 Å². The quantitative estimate of drug-likeness (QED) is 0.670. The van der Waals surface area contributed by atoms with Crippen LogP contribution in [0.4, 0.5) is 4.79 Å². The number of amides is 2. The lowest BCUT2D eigenvalue weighted by Crippen LogP contribution is -2.44. The number of nitrogens with zero attached hydrogens (tertiary/aromatic N) is 1. The first kappa shape index (κ1) is 16.1. The number of hydrogen-bond donors (Lipinski definition) is 2. The summed E-state index contributed by atoms with van der Waals surface area (Å²) in [5, 5.41) is 11.6. The number of hydrogen-bond acceptors (Lipinski definition) is 3. The van der Waals surface area contributed by atoms with Gasteiger partial charge in [-0.2, -0.15) is 0 Å². The van der Waals surface area contributed by atoms with Crippen LogP contribution in [0, 0.1) is 5.92 Å². The Hall–Kier alpha value is -1.30. The molecular formula is C15H26N2O4. The molecule has 0 bridgehead atoms. The van der Waals surface area contributed by atoms with Crippen LogP contribution in [0.5, 0.6) is 0 Å². The SMILES string of the molecule is O=C(O)CN(CC1CC1)C(=O)NCCOC1CCCCC1. The van der Waals surface area contributed by atoms with Crippen molar-refractivity contribution < 1.29 is 19.4 Å². The molecule has 21 heavy (non-hydrogen) atoms. The van der Waals surface area contributed by atoms with Crippen LogP contribution in [0.1, 0.15) is 44.9 Å². The summed E-state index contributed by atoms with van der Waals surface area (Å²) in [6, 6.07) is -0.295. The first-order valence-corrected chi connectivity index (χ1v) is 8.01. The standard InChI is InChI=1S/C15H26N2O4/c18-14(19)11-17(10-12-6-7-12)15(20)16-8-9-21-13-4-2-1-3-5-13/h12-13H,1-11H2,(H,16,20)(H,18,19). The van der Waals surface area contributed by atoms with E-state index in [-0.39, 0.29) is 12.6 Å². The molecule has 0 aromatic rings. The normalized spacial score (nSPS) is 19.2. The third kappa shape index (κ3) is 6.33. The molecule has 2 amide bonds. The average molecular weight is 298 g/mol. The van der Waals surface area contributed by atoms with Gasteiger partial charge in [0.1, 0.15) is 6.54 Å². The van der Waals surface area contributed by atoms with Crippen LogP contribution in [-0.4, -0.2) is 54.4 Å². The smallest absolute Gasteiger partial charge is 0.323 e. The Balaban J connectivity index is 1.62. The number of carbonyl (C=O) groups excluding carboxylic acids is 1. The van der Waals surface area contributed by atoms with E-state index < -0.39 is 5.97 Å². The van der Waals surface area contributed by atoms with Crippen molar-refractivity contribution in [3.63, 3.8) is 0 Å². The average Bonchev–Trinajstić information content (AvgIpc) is 3.27. The highest BCUT2D eigenvalue weighted by Gasteiger charge is 2.27. The molecule has 0 aromatic carbocycles. The molecule has 6 heteroatoms. The molecule has 6 nitrogen and oxygen atoms in total. The Kier molecular flexibility index (Phi) is 6.29. The first-order chi connectivity index (χ1) is 10.1. The first-order valence-electron chi connectivity index (χ1n) is 8.01. The Labute approximate surface area is 125 Å². The third-order valence-corrected chi connectivity index (χ3v) is 4.07. The van der Waals surface area contributed by atoms with Crippen molar-refractivity contribution in [2.75, 3.05) is 26.2 Å². The summed E-state index contributed by atoms with van der Waals surface area (Å²) < 4.78 is 5.74. The van der Waals surface area contributed by atoms with Gasteiger partial charge in [-0.25, -0.2) is 4.79 Å². The minimum atomic E-state index is -0.968. The van der Waals surface area contributed by atoms with Gasteiger partial charge in [0.2, 0.25) is 0 Å². The van der Waals surface area contributed by atoms with Crippen molar-refractivity contribution >= 4 is 12.0 Å². The molecule has 0 aliphatic heterocycles. The predicted octanol–water partition coefficient (Wildman–Crippen LogP) is 1.84. The molecule has 120 valence electrons. The number of aliphatic carboxylic acids is 1. The molecule has 0 atom stereocenters. The number of nitrogens with one attached hydrogen (secondary N) is 1. The van der Waals surface area contributed by atoms with Crippen LogP contribution < -0.4 is 5.32 Å². The molecule has 0 radical (unpaired) electrons. The maximum atomic E-state index is 12.0. The lowest BCUT2D eigenvalue weighted by molar-refractivity contribution is -0.137. The number of carboxylic acids is 1. The number of carboxylic acid groups (broad SMARTS) is 1. The van der Waals surface area contributed by atoms with Crippen molar-refractivity contribution in [3.05, 3.63) is 0 Å². The number of carbonyl (C=O) groups is 2. The minimum absolute atomic E-state index is 0.230. The van der Waals surface area contributed by atoms with Gasteiger partial charge >= 0.3 is 12.0 Å². The fourth-order valence-electron chi connectivity index (χ4n) is 2.72. The molecule has 0 saturated heterocycles. The van der Waals surface area contributed by atoms with Gasteiger partial charge in [0.05, 0.1) is 12.7 Å². The van der Waals surface area contributed by atoms with E-state index >= 15 is 0 Å². The van der Waals surface area contributed by atoms with Gasteiger partial charge in [-0.15, -0.1) is 0 Å². The van der Waals surface area contributed by atoms with E-state index in [2.05, 4.69) is 5.32 Å². The molecule has 2 aliphatic carbocycles. The molecule has 2 fully saturated rings. The van der Waals surface area contributed by atoms with E-state index in [1.54, 1.807) is 0 Å². The highest BCUT2D eigenvalue weighted by Crippen LogP contribution is 2.29. The van der Waals surface area contributed by atoms with E-state index in [4.69, 9.17) is 9.84 Å². The Morgan fingerprint density at radius 3 is 2.48 bits per heavy atom. The van der Waals surface area contributed by atoms with Gasteiger partial charge in [-0.1, -0.05) is 19.3 Å². The second-order valence-corrected chi connectivity index (χ2v) is 6.08. The monoisotopic (exact) mass is 298 g/mol. The fourth-order valence-corrected chi connectivity index (χ4v) is 2.72. The summed E-state index contributed by atoms with van der Waals surface area (Å²) in [4.78, 5) is 24.2. The zero-order valence-electron chi connectivity index (χ0n) is 12.6. The largest absolute Gasteiger partial charge is 0.480 e. The third-order valence-electron chi connectivity index (χ3n) is 4.07. The molecule has 0 spiro atoms. The van der Waals surface area contributed by atoms with Crippen LogP contribution in [-0.2, 0) is 9.53 Å². The molecule has 0 unspecified atom stereocenters. The number of urea groups is 1. The van der Waals surface area contributed by atoms with Crippen LogP contribution in [0.25, 0.3) is 0 Å². The summed E-state index contributed by atoms with van der Waals surface area (Å²) in [6.45, 7) is 1.25. The Morgan fingerprint density at radius 1 is 1.14 bits per heavy atom. The van der Waals surface area contributed by atoms with Gasteiger partial charge in [0.15, 0.2) is 0 Å². The fraction of sp³-hybridized carbons (Fsp3) is 0.867. The molecule has 2 aliphatic rings. The lowest BCUT2D eigenvalue weighted by atomic mass is 9.98. The van der Waals surface area contributed by atoms with E-state index in [0.717, 1.165) is 25.7 Å². The molecule has 2 rings (SSSR count). The van der Waals surface area contributed by atoms with Crippen molar-refractivity contribution in [1.82, 2.24) is 10.2 Å². The molecule has 2 saturated carbocycles. The van der Waals surface area contributed by atoms with Crippen molar-refractivity contribution in [2.45, 2.75) is 51.0 Å². The molecule has 2 N–H and O–H groups in total. The summed E-state index contributed by atoms with van der Waals surface area (Å²) >= 11 is 0.